The highest BCUT2D eigenvalue weighted by atomic mass is 35.5. The fraction of sp³-hybridized carbons (Fsp3) is 0.280. The van der Waals surface area contributed by atoms with E-state index < -0.39 is 21.3 Å². The first-order chi connectivity index (χ1) is 15.5. The van der Waals surface area contributed by atoms with E-state index in [9.17, 15) is 8.42 Å². The van der Waals surface area contributed by atoms with Crippen molar-refractivity contribution in [3.63, 3.8) is 0 Å². The van der Waals surface area contributed by atoms with Gasteiger partial charge in [-0.05, 0) is 23.6 Å². The molecule has 3 aromatic rings. The van der Waals surface area contributed by atoms with Gasteiger partial charge in [0.05, 0.1) is 25.3 Å². The molecule has 170 valence electrons. The van der Waals surface area contributed by atoms with Crippen LogP contribution in [-0.2, 0) is 21.4 Å². The molecule has 0 bridgehead atoms. The van der Waals surface area contributed by atoms with Crippen LogP contribution in [-0.4, -0.2) is 26.8 Å². The van der Waals surface area contributed by atoms with E-state index in [4.69, 9.17) is 16.3 Å². The maximum atomic E-state index is 12.4. The fourth-order valence-corrected chi connectivity index (χ4v) is 4.37. The van der Waals surface area contributed by atoms with Gasteiger partial charge in [-0.2, -0.15) is 0 Å². The second-order valence-corrected chi connectivity index (χ2v) is 9.95. The Hall–Kier alpha value is -2.22. The number of rotatable bonds is 12. The van der Waals surface area contributed by atoms with Gasteiger partial charge in [-0.1, -0.05) is 90.5 Å². The van der Waals surface area contributed by atoms with Gasteiger partial charge in [-0.25, -0.2) is 13.1 Å². The number of nitrogens with one attached hydrogen (secondary N) is 2. The summed E-state index contributed by atoms with van der Waals surface area (Å²) in [4.78, 5) is 0. The maximum Gasteiger partial charge on any atom is 0.226 e. The van der Waals surface area contributed by atoms with E-state index >= 15 is 0 Å². The van der Waals surface area contributed by atoms with E-state index in [0.29, 0.717) is 19.8 Å². The first-order valence-electron chi connectivity index (χ1n) is 10.5. The first-order valence-corrected chi connectivity index (χ1v) is 12.7. The van der Waals surface area contributed by atoms with Crippen molar-refractivity contribution in [1.29, 1.82) is 0 Å². The lowest BCUT2D eigenvalue weighted by molar-refractivity contribution is 0.119. The van der Waals surface area contributed by atoms with Gasteiger partial charge in [-0.3, -0.25) is 0 Å². The molecule has 0 heterocycles. The van der Waals surface area contributed by atoms with Crippen molar-refractivity contribution in [1.82, 2.24) is 10.0 Å². The Labute approximate surface area is 195 Å². The molecule has 5 nitrogen and oxygen atoms in total. The van der Waals surface area contributed by atoms with Crippen LogP contribution in [0.25, 0.3) is 0 Å². The largest absolute Gasteiger partial charge is 0.375 e. The summed E-state index contributed by atoms with van der Waals surface area (Å²) >= 11 is 5.70. The van der Waals surface area contributed by atoms with Crippen LogP contribution in [0.4, 0.5) is 0 Å². The van der Waals surface area contributed by atoms with Gasteiger partial charge in [0, 0.05) is 6.54 Å². The normalized spacial score (nSPS) is 13.6. The zero-order valence-electron chi connectivity index (χ0n) is 18.1. The highest BCUT2D eigenvalue weighted by Crippen LogP contribution is 2.29. The lowest BCUT2D eigenvalue weighted by Crippen LogP contribution is -2.39. The summed E-state index contributed by atoms with van der Waals surface area (Å²) in [6.07, 6.45) is 0. The predicted molar refractivity (Wildman–Crippen MR) is 130 cm³/mol. The van der Waals surface area contributed by atoms with Crippen molar-refractivity contribution in [2.24, 2.45) is 0 Å². The minimum Gasteiger partial charge on any atom is -0.375 e. The summed E-state index contributed by atoms with van der Waals surface area (Å²) in [7, 11) is -3.65. The molecule has 2 atom stereocenters. The van der Waals surface area contributed by atoms with Crippen LogP contribution in [0.3, 0.4) is 0 Å². The van der Waals surface area contributed by atoms with E-state index in [1.807, 2.05) is 60.7 Å². The molecule has 0 saturated carbocycles. The van der Waals surface area contributed by atoms with Gasteiger partial charge in [-0.15, -0.1) is 11.6 Å². The smallest absolute Gasteiger partial charge is 0.226 e. The predicted octanol–water partition coefficient (Wildman–Crippen LogP) is 4.70. The van der Waals surface area contributed by atoms with Crippen LogP contribution >= 0.6 is 11.6 Å². The lowest BCUT2D eigenvalue weighted by atomic mass is 9.94. The monoisotopic (exact) mass is 472 g/mol. The van der Waals surface area contributed by atoms with Crippen molar-refractivity contribution in [2.75, 3.05) is 18.4 Å². The molecule has 0 saturated heterocycles. The molecular formula is C25H29ClN2O3S. The van der Waals surface area contributed by atoms with Crippen LogP contribution in [0.1, 0.15) is 34.3 Å². The molecule has 32 heavy (non-hydrogen) atoms. The Morgan fingerprint density at radius 3 is 1.97 bits per heavy atom. The van der Waals surface area contributed by atoms with E-state index in [-0.39, 0.29) is 6.04 Å². The summed E-state index contributed by atoms with van der Waals surface area (Å²) in [6, 6.07) is 26.7. The Bertz CT molecular complexity index is 1050. The van der Waals surface area contributed by atoms with Crippen LogP contribution in [0.5, 0.6) is 0 Å². The van der Waals surface area contributed by atoms with E-state index in [1.165, 1.54) is 5.56 Å². The van der Waals surface area contributed by atoms with Crippen LogP contribution in [0.15, 0.2) is 84.9 Å². The van der Waals surface area contributed by atoms with Gasteiger partial charge in [0.1, 0.15) is 5.21 Å². The molecule has 2 N–H and O–H groups in total. The highest BCUT2D eigenvalue weighted by molar-refractivity contribution is 7.90. The Balaban J connectivity index is 1.73. The van der Waals surface area contributed by atoms with E-state index in [0.717, 1.165) is 16.7 Å². The number of aryl methyl sites for hydroxylation is 1. The van der Waals surface area contributed by atoms with Crippen LogP contribution < -0.4 is 10.0 Å². The molecule has 0 aromatic heterocycles. The summed E-state index contributed by atoms with van der Waals surface area (Å²) in [5, 5.41) is 2.98. The standard InChI is InChI=1S/C25H29ClN2O3S/c1-20-12-14-21(15-13-20)18-31-17-16-27-24(22-8-4-2-5-9-22)25(28-32(29,30)19-26)23-10-6-3-7-11-23/h2-15,24-25,27-28H,16-19H2,1H3/t24-,25-/m1/s1. The van der Waals surface area contributed by atoms with E-state index in [1.54, 1.807) is 0 Å². The quantitative estimate of drug-likeness (QED) is 0.296. The molecule has 0 amide bonds. The first kappa shape index (κ1) is 24.4. The Kier molecular flexibility index (Phi) is 9.26. The van der Waals surface area contributed by atoms with Crippen molar-refractivity contribution >= 4 is 21.6 Å². The number of hydrogen-bond acceptors (Lipinski definition) is 4. The summed E-state index contributed by atoms with van der Waals surface area (Å²) < 4.78 is 33.4. The molecule has 7 heteroatoms. The number of ether oxygens (including phenoxy) is 1. The Morgan fingerprint density at radius 2 is 1.41 bits per heavy atom. The molecule has 0 spiro atoms. The van der Waals surface area contributed by atoms with Crippen molar-refractivity contribution in [3.05, 3.63) is 107 Å². The second-order valence-electron chi connectivity index (χ2n) is 7.61. The third-order valence-electron chi connectivity index (χ3n) is 5.10. The summed E-state index contributed by atoms with van der Waals surface area (Å²) in [5.41, 5.74) is 4.15. The van der Waals surface area contributed by atoms with Crippen molar-refractivity contribution in [3.8, 4) is 0 Å². The maximum absolute atomic E-state index is 12.4. The molecule has 0 aliphatic carbocycles. The minimum atomic E-state index is -3.65. The lowest BCUT2D eigenvalue weighted by Gasteiger charge is -2.29. The average molecular weight is 473 g/mol. The average Bonchev–Trinajstić information content (AvgIpc) is 2.82. The fourth-order valence-electron chi connectivity index (χ4n) is 3.46. The zero-order valence-corrected chi connectivity index (χ0v) is 19.6. The molecule has 3 rings (SSSR count). The minimum absolute atomic E-state index is 0.306. The van der Waals surface area contributed by atoms with Gasteiger partial charge in [0.2, 0.25) is 10.0 Å². The number of sulfonamides is 1. The number of halogens is 1. The molecule has 0 fully saturated rings. The molecule has 0 radical (unpaired) electrons. The SMILES string of the molecule is Cc1ccc(COCCN[C@H](c2ccccc2)[C@H](NS(=O)(=O)CCl)c2ccccc2)cc1. The molecule has 0 aliphatic heterocycles. The third kappa shape index (κ3) is 7.43. The van der Waals surface area contributed by atoms with Crippen molar-refractivity contribution < 1.29 is 13.2 Å². The number of alkyl halides is 1. The number of benzene rings is 3. The second kappa shape index (κ2) is 12.1. The van der Waals surface area contributed by atoms with Crippen LogP contribution in [0, 0.1) is 6.92 Å². The number of hydrogen-bond donors (Lipinski definition) is 2. The van der Waals surface area contributed by atoms with Gasteiger partial charge in [0.25, 0.3) is 0 Å². The third-order valence-corrected chi connectivity index (χ3v) is 6.86. The van der Waals surface area contributed by atoms with Crippen LogP contribution in [0.2, 0.25) is 0 Å². The van der Waals surface area contributed by atoms with Gasteiger partial charge >= 0.3 is 0 Å². The summed E-state index contributed by atoms with van der Waals surface area (Å²) in [5.74, 6) is 0. The Morgan fingerprint density at radius 1 is 0.844 bits per heavy atom. The zero-order chi connectivity index (χ0) is 22.8. The molecular weight excluding hydrogens is 444 g/mol. The van der Waals surface area contributed by atoms with Gasteiger partial charge in [0.15, 0.2) is 0 Å². The highest BCUT2D eigenvalue weighted by Gasteiger charge is 2.28. The van der Waals surface area contributed by atoms with Crippen molar-refractivity contribution in [2.45, 2.75) is 25.6 Å². The topological polar surface area (TPSA) is 67.4 Å². The van der Waals surface area contributed by atoms with E-state index in [2.05, 4.69) is 41.2 Å². The molecule has 0 aliphatic rings. The molecule has 0 unspecified atom stereocenters. The van der Waals surface area contributed by atoms with Gasteiger partial charge < -0.3 is 10.1 Å². The summed E-state index contributed by atoms with van der Waals surface area (Å²) in [6.45, 7) is 3.62. The molecule has 3 aromatic carbocycles.